The quantitative estimate of drug-likeness (QED) is 0.269. The molecule has 4 rings (SSSR count). The molecule has 1 aliphatic heterocycles. The SMILES string of the molecule is COc1ccc(OC)c([C@H]2/C(=C(\O)c3ccc(Br)cc3)C(=O)C(=O)N2CCCn2ccnc2)c1. The Balaban J connectivity index is 1.81. The van der Waals surface area contributed by atoms with E-state index in [0.29, 0.717) is 42.1 Å². The summed E-state index contributed by atoms with van der Waals surface area (Å²) < 4.78 is 13.7. The molecule has 3 aromatic rings. The van der Waals surface area contributed by atoms with Gasteiger partial charge in [0.05, 0.1) is 32.2 Å². The number of carbonyl (C=O) groups is 2. The zero-order chi connectivity index (χ0) is 24.2. The van der Waals surface area contributed by atoms with Crippen molar-refractivity contribution < 1.29 is 24.2 Å². The number of Topliss-reactive ketones (excluding diaryl/α,β-unsaturated/α-hetero) is 1. The molecule has 0 bridgehead atoms. The van der Waals surface area contributed by atoms with Crippen molar-refractivity contribution in [3.8, 4) is 11.5 Å². The van der Waals surface area contributed by atoms with E-state index in [2.05, 4.69) is 20.9 Å². The zero-order valence-electron chi connectivity index (χ0n) is 18.8. The maximum atomic E-state index is 13.2. The fraction of sp³-hybridized carbons (Fsp3) is 0.240. The Morgan fingerprint density at radius 1 is 1.09 bits per heavy atom. The van der Waals surface area contributed by atoms with Gasteiger partial charge in [-0.1, -0.05) is 28.1 Å². The highest BCUT2D eigenvalue weighted by Gasteiger charge is 2.47. The van der Waals surface area contributed by atoms with Crippen molar-refractivity contribution in [1.82, 2.24) is 14.5 Å². The van der Waals surface area contributed by atoms with Crippen LogP contribution in [-0.4, -0.2) is 52.0 Å². The van der Waals surface area contributed by atoms with Gasteiger partial charge in [0.25, 0.3) is 11.7 Å². The summed E-state index contributed by atoms with van der Waals surface area (Å²) >= 11 is 3.37. The summed E-state index contributed by atoms with van der Waals surface area (Å²) in [6.07, 6.45) is 5.81. The van der Waals surface area contributed by atoms with Crippen LogP contribution in [0, 0.1) is 0 Å². The second-order valence-electron chi connectivity index (χ2n) is 7.76. The summed E-state index contributed by atoms with van der Waals surface area (Å²) in [6.45, 7) is 0.919. The number of aliphatic hydroxyl groups is 1. The molecule has 176 valence electrons. The Hall–Kier alpha value is -3.59. The highest BCUT2D eigenvalue weighted by atomic mass is 79.9. The molecule has 0 spiro atoms. The molecule has 0 aliphatic carbocycles. The van der Waals surface area contributed by atoms with Gasteiger partial charge in [0.2, 0.25) is 0 Å². The number of methoxy groups -OCH3 is 2. The molecule has 2 heterocycles. The van der Waals surface area contributed by atoms with E-state index >= 15 is 0 Å². The lowest BCUT2D eigenvalue weighted by Crippen LogP contribution is -2.31. The van der Waals surface area contributed by atoms with Crippen LogP contribution < -0.4 is 9.47 Å². The van der Waals surface area contributed by atoms with Gasteiger partial charge in [0.15, 0.2) is 0 Å². The number of aromatic nitrogens is 2. The van der Waals surface area contributed by atoms with E-state index in [-0.39, 0.29) is 11.3 Å². The monoisotopic (exact) mass is 525 g/mol. The summed E-state index contributed by atoms with van der Waals surface area (Å²) in [5, 5.41) is 11.2. The van der Waals surface area contributed by atoms with Crippen LogP contribution in [0.25, 0.3) is 5.76 Å². The lowest BCUT2D eigenvalue weighted by molar-refractivity contribution is -0.140. The third kappa shape index (κ3) is 4.56. The molecule has 1 fully saturated rings. The number of hydrogen-bond donors (Lipinski definition) is 1. The molecule has 2 aromatic carbocycles. The number of aliphatic hydroxyl groups excluding tert-OH is 1. The predicted octanol–water partition coefficient (Wildman–Crippen LogP) is 4.17. The van der Waals surface area contributed by atoms with E-state index in [4.69, 9.17) is 9.47 Å². The number of aryl methyl sites for hydroxylation is 1. The first-order valence-electron chi connectivity index (χ1n) is 10.7. The maximum absolute atomic E-state index is 13.2. The van der Waals surface area contributed by atoms with Gasteiger partial charge in [-0.05, 0) is 36.8 Å². The van der Waals surface area contributed by atoms with Crippen molar-refractivity contribution in [2.45, 2.75) is 19.0 Å². The van der Waals surface area contributed by atoms with E-state index in [0.717, 1.165) is 4.47 Å². The smallest absolute Gasteiger partial charge is 0.295 e. The molecule has 1 saturated heterocycles. The number of likely N-dealkylation sites (tertiary alicyclic amines) is 1. The van der Waals surface area contributed by atoms with Crippen molar-refractivity contribution in [3.63, 3.8) is 0 Å². The number of ether oxygens (including phenoxy) is 2. The second kappa shape index (κ2) is 10.1. The minimum atomic E-state index is -0.837. The number of carbonyl (C=O) groups excluding carboxylic acids is 2. The Bertz CT molecular complexity index is 1220. The van der Waals surface area contributed by atoms with Crippen LogP contribution in [0.5, 0.6) is 11.5 Å². The lowest BCUT2D eigenvalue weighted by Gasteiger charge is -2.27. The molecule has 9 heteroatoms. The summed E-state index contributed by atoms with van der Waals surface area (Å²) in [4.78, 5) is 31.9. The van der Waals surface area contributed by atoms with Gasteiger partial charge in [-0.15, -0.1) is 0 Å². The first-order valence-corrected chi connectivity index (χ1v) is 11.5. The normalized spacial score (nSPS) is 17.3. The number of benzene rings is 2. The van der Waals surface area contributed by atoms with Crippen molar-refractivity contribution in [2.24, 2.45) is 0 Å². The van der Waals surface area contributed by atoms with Crippen LogP contribution in [-0.2, 0) is 16.1 Å². The number of rotatable bonds is 8. The van der Waals surface area contributed by atoms with Crippen LogP contribution in [0.4, 0.5) is 0 Å². The van der Waals surface area contributed by atoms with Crippen molar-refractivity contribution in [2.75, 3.05) is 20.8 Å². The van der Waals surface area contributed by atoms with Crippen LogP contribution in [0.1, 0.15) is 23.6 Å². The molecule has 0 radical (unpaired) electrons. The molecule has 1 amide bonds. The Morgan fingerprint density at radius 3 is 2.50 bits per heavy atom. The van der Waals surface area contributed by atoms with E-state index in [1.807, 2.05) is 10.8 Å². The van der Waals surface area contributed by atoms with Gasteiger partial charge < -0.3 is 24.0 Å². The Kier molecular flexibility index (Phi) is 7.02. The van der Waals surface area contributed by atoms with Crippen LogP contribution in [0.3, 0.4) is 0 Å². The average molecular weight is 526 g/mol. The van der Waals surface area contributed by atoms with Crippen molar-refractivity contribution in [3.05, 3.63) is 82.4 Å². The van der Waals surface area contributed by atoms with E-state index in [1.165, 1.54) is 19.1 Å². The molecule has 0 saturated carbocycles. The molecule has 1 atom stereocenters. The number of halogens is 1. The molecule has 8 nitrogen and oxygen atoms in total. The van der Waals surface area contributed by atoms with Gasteiger partial charge in [-0.2, -0.15) is 0 Å². The summed E-state index contributed by atoms with van der Waals surface area (Å²) in [5.74, 6) is -0.618. The van der Waals surface area contributed by atoms with Crippen LogP contribution in [0.2, 0.25) is 0 Å². The average Bonchev–Trinajstić information content (AvgIpc) is 3.46. The van der Waals surface area contributed by atoms with Gasteiger partial charge in [0.1, 0.15) is 17.3 Å². The molecule has 1 aliphatic rings. The summed E-state index contributed by atoms with van der Waals surface area (Å²) in [5.41, 5.74) is 1.01. The van der Waals surface area contributed by atoms with Gasteiger partial charge in [-0.3, -0.25) is 9.59 Å². The molecule has 1 aromatic heterocycles. The van der Waals surface area contributed by atoms with Gasteiger partial charge >= 0.3 is 0 Å². The van der Waals surface area contributed by atoms with E-state index in [9.17, 15) is 14.7 Å². The van der Waals surface area contributed by atoms with Crippen LogP contribution in [0.15, 0.2) is 71.2 Å². The number of ketones is 1. The fourth-order valence-electron chi connectivity index (χ4n) is 4.09. The number of amides is 1. The minimum absolute atomic E-state index is 0.0153. The largest absolute Gasteiger partial charge is 0.507 e. The first-order chi connectivity index (χ1) is 16.4. The summed E-state index contributed by atoms with van der Waals surface area (Å²) in [7, 11) is 3.06. The molecular formula is C25H24BrN3O5. The standard InChI is InChI=1S/C25H24BrN3O5/c1-33-18-8-9-20(34-2)19(14-18)22-21(23(30)16-4-6-17(26)7-5-16)24(31)25(32)29(22)12-3-11-28-13-10-27-15-28/h4-10,13-15,22,30H,3,11-12H2,1-2H3/b23-21+/t22-/m0/s1. The fourth-order valence-corrected chi connectivity index (χ4v) is 4.36. The highest BCUT2D eigenvalue weighted by molar-refractivity contribution is 9.10. The number of nitrogens with zero attached hydrogens (tertiary/aromatic N) is 3. The molecule has 0 unspecified atom stereocenters. The Labute approximate surface area is 205 Å². The van der Waals surface area contributed by atoms with Gasteiger partial charge in [0, 0.05) is 41.1 Å². The molecule has 34 heavy (non-hydrogen) atoms. The number of hydrogen-bond acceptors (Lipinski definition) is 6. The molecular weight excluding hydrogens is 502 g/mol. The van der Waals surface area contributed by atoms with Crippen molar-refractivity contribution in [1.29, 1.82) is 0 Å². The minimum Gasteiger partial charge on any atom is -0.507 e. The summed E-state index contributed by atoms with van der Waals surface area (Å²) in [6, 6.07) is 11.2. The topological polar surface area (TPSA) is 93.9 Å². The zero-order valence-corrected chi connectivity index (χ0v) is 20.4. The van der Waals surface area contributed by atoms with E-state index < -0.39 is 17.7 Å². The second-order valence-corrected chi connectivity index (χ2v) is 8.68. The molecule has 1 N–H and O–H groups in total. The maximum Gasteiger partial charge on any atom is 0.295 e. The third-order valence-electron chi connectivity index (χ3n) is 5.76. The lowest BCUT2D eigenvalue weighted by atomic mass is 9.94. The van der Waals surface area contributed by atoms with E-state index in [1.54, 1.807) is 55.0 Å². The first kappa shape index (κ1) is 23.6. The predicted molar refractivity (Wildman–Crippen MR) is 130 cm³/mol. The van der Waals surface area contributed by atoms with Gasteiger partial charge in [-0.25, -0.2) is 4.98 Å². The highest BCUT2D eigenvalue weighted by Crippen LogP contribution is 2.44. The van der Waals surface area contributed by atoms with Crippen molar-refractivity contribution >= 4 is 33.4 Å². The third-order valence-corrected chi connectivity index (χ3v) is 6.29. The Morgan fingerprint density at radius 2 is 1.85 bits per heavy atom. The number of imidazole rings is 1. The van der Waals surface area contributed by atoms with Crippen LogP contribution >= 0.6 is 15.9 Å².